The molecule has 0 atom stereocenters. The van der Waals surface area contributed by atoms with Crippen LogP contribution >= 0.6 is 24.0 Å². The first-order valence-corrected chi connectivity index (χ1v) is 11.3. The lowest BCUT2D eigenvalue weighted by molar-refractivity contribution is 0.154. The number of aromatic amines is 1. The molecule has 3 N–H and O–H groups in total. The van der Waals surface area contributed by atoms with Crippen LogP contribution in [0.5, 0.6) is 0 Å². The Kier molecular flexibility index (Phi) is 10.8. The van der Waals surface area contributed by atoms with Crippen LogP contribution in [0.25, 0.3) is 10.9 Å². The molecule has 158 valence electrons. The number of aryl methyl sites for hydroxylation is 1. The second-order valence-corrected chi connectivity index (χ2v) is 8.68. The Bertz CT molecular complexity index is 865. The van der Waals surface area contributed by atoms with E-state index in [2.05, 4.69) is 51.9 Å². The lowest BCUT2D eigenvalue weighted by Crippen LogP contribution is -2.39. The highest BCUT2D eigenvalue weighted by Gasteiger charge is 2.07. The zero-order valence-corrected chi connectivity index (χ0v) is 19.9. The topological polar surface area (TPSA) is 95.6 Å². The molecule has 2 rings (SSSR count). The average molecular weight is 522 g/mol. The third-order valence-corrected chi connectivity index (χ3v) is 5.22. The molecule has 9 heteroatoms. The first-order chi connectivity index (χ1) is 12.9. The van der Waals surface area contributed by atoms with Gasteiger partial charge in [0.2, 0.25) is 0 Å². The number of H-pyrrole nitrogens is 1. The highest BCUT2D eigenvalue weighted by Crippen LogP contribution is 2.22. The smallest absolute Gasteiger partial charge is 0.191 e. The number of benzene rings is 1. The van der Waals surface area contributed by atoms with Crippen molar-refractivity contribution in [2.75, 3.05) is 45.4 Å². The van der Waals surface area contributed by atoms with Gasteiger partial charge in [-0.1, -0.05) is 25.1 Å². The van der Waals surface area contributed by atoms with Crippen LogP contribution in [-0.2, 0) is 27.4 Å². The van der Waals surface area contributed by atoms with Gasteiger partial charge in [-0.3, -0.25) is 4.99 Å². The normalized spacial score (nSPS) is 12.0. The van der Waals surface area contributed by atoms with Crippen molar-refractivity contribution in [3.8, 4) is 0 Å². The second kappa shape index (κ2) is 12.3. The number of ether oxygens (including phenoxy) is 1. The van der Waals surface area contributed by atoms with E-state index >= 15 is 0 Å². The Morgan fingerprint density at radius 1 is 1.18 bits per heavy atom. The Balaban J connectivity index is 0.00000392. The van der Waals surface area contributed by atoms with Gasteiger partial charge in [0.05, 0.1) is 19.0 Å². The van der Waals surface area contributed by atoms with Crippen molar-refractivity contribution < 1.29 is 13.2 Å². The van der Waals surface area contributed by atoms with Gasteiger partial charge in [0.25, 0.3) is 0 Å². The number of aromatic nitrogens is 1. The summed E-state index contributed by atoms with van der Waals surface area (Å²) in [6.07, 6.45) is 5.19. The highest BCUT2D eigenvalue weighted by atomic mass is 127. The van der Waals surface area contributed by atoms with E-state index in [1.54, 1.807) is 7.05 Å². The molecule has 0 saturated carbocycles. The van der Waals surface area contributed by atoms with Gasteiger partial charge < -0.3 is 20.4 Å². The predicted molar refractivity (Wildman–Crippen MR) is 127 cm³/mol. The van der Waals surface area contributed by atoms with Crippen LogP contribution in [0.15, 0.2) is 29.4 Å². The molecule has 0 aliphatic heterocycles. The van der Waals surface area contributed by atoms with Crippen molar-refractivity contribution >= 4 is 50.7 Å². The zero-order chi connectivity index (χ0) is 19.7. The van der Waals surface area contributed by atoms with Crippen molar-refractivity contribution in [2.45, 2.75) is 19.8 Å². The van der Waals surface area contributed by atoms with Crippen LogP contribution in [0.1, 0.15) is 18.1 Å². The molecular formula is C19H31IN4O3S. The Hall–Kier alpha value is -1.33. The van der Waals surface area contributed by atoms with E-state index in [1.807, 2.05) is 0 Å². The minimum atomic E-state index is -2.97. The van der Waals surface area contributed by atoms with E-state index in [0.717, 1.165) is 19.4 Å². The summed E-state index contributed by atoms with van der Waals surface area (Å²) in [5.41, 5.74) is 3.84. The maximum absolute atomic E-state index is 11.0. The molecule has 7 nitrogen and oxygen atoms in total. The summed E-state index contributed by atoms with van der Waals surface area (Å²) in [6, 6.07) is 6.42. The number of guanidine groups is 1. The number of fused-ring (bicyclic) bond motifs is 1. The average Bonchev–Trinajstić information content (AvgIpc) is 3.05. The van der Waals surface area contributed by atoms with Crippen LogP contribution in [0.3, 0.4) is 0 Å². The lowest BCUT2D eigenvalue weighted by atomic mass is 10.1. The van der Waals surface area contributed by atoms with Gasteiger partial charge in [-0.05, 0) is 24.0 Å². The fourth-order valence-electron chi connectivity index (χ4n) is 2.87. The minimum Gasteiger partial charge on any atom is -0.379 e. The summed E-state index contributed by atoms with van der Waals surface area (Å²) in [5, 5.41) is 7.73. The number of rotatable bonds is 10. The molecule has 0 spiro atoms. The number of hydrogen-bond donors (Lipinski definition) is 3. The maximum Gasteiger partial charge on any atom is 0.191 e. The Morgan fingerprint density at radius 2 is 1.93 bits per heavy atom. The molecule has 0 aliphatic carbocycles. The Labute approximate surface area is 184 Å². The summed E-state index contributed by atoms with van der Waals surface area (Å²) in [4.78, 5) is 7.58. The van der Waals surface area contributed by atoms with E-state index in [4.69, 9.17) is 4.74 Å². The van der Waals surface area contributed by atoms with E-state index < -0.39 is 9.84 Å². The summed E-state index contributed by atoms with van der Waals surface area (Å²) < 4.78 is 27.4. The van der Waals surface area contributed by atoms with Gasteiger partial charge in [0.1, 0.15) is 9.84 Å². The molecule has 0 amide bonds. The monoisotopic (exact) mass is 522 g/mol. The molecule has 0 unspecified atom stereocenters. The lowest BCUT2D eigenvalue weighted by Gasteiger charge is -2.12. The Morgan fingerprint density at radius 3 is 2.61 bits per heavy atom. The number of sulfone groups is 1. The van der Waals surface area contributed by atoms with E-state index in [-0.39, 0.29) is 36.3 Å². The standard InChI is InChI=1S/C19H30N4O3S.HI/c1-4-15-6-5-7-17-16(14-23-18(15)17)8-9-21-19(20-2)22-10-11-26-12-13-27(3,24)25;/h5-7,14,23H,4,8-13H2,1-3H3,(H2,20,21,22);1H. The summed E-state index contributed by atoms with van der Waals surface area (Å²) in [7, 11) is -1.25. The van der Waals surface area contributed by atoms with Gasteiger partial charge in [-0.2, -0.15) is 0 Å². The van der Waals surface area contributed by atoms with Gasteiger partial charge in [-0.25, -0.2) is 8.42 Å². The van der Waals surface area contributed by atoms with Crippen molar-refractivity contribution in [1.82, 2.24) is 15.6 Å². The van der Waals surface area contributed by atoms with Crippen LogP contribution in [0.4, 0.5) is 0 Å². The molecule has 0 saturated heterocycles. The third kappa shape index (κ3) is 7.96. The van der Waals surface area contributed by atoms with E-state index in [9.17, 15) is 8.42 Å². The number of halogens is 1. The predicted octanol–water partition coefficient (Wildman–Crippen LogP) is 2.12. The molecule has 0 radical (unpaired) electrons. The number of aliphatic imine (C=N–C) groups is 1. The number of nitrogens with one attached hydrogen (secondary N) is 3. The largest absolute Gasteiger partial charge is 0.379 e. The van der Waals surface area contributed by atoms with Gasteiger partial charge in [0.15, 0.2) is 5.96 Å². The van der Waals surface area contributed by atoms with Crippen LogP contribution in [0.2, 0.25) is 0 Å². The van der Waals surface area contributed by atoms with Crippen LogP contribution in [-0.4, -0.2) is 64.7 Å². The van der Waals surface area contributed by atoms with Gasteiger partial charge in [-0.15, -0.1) is 24.0 Å². The molecule has 2 aromatic rings. The fourth-order valence-corrected chi connectivity index (χ4v) is 3.29. The molecule has 0 fully saturated rings. The first-order valence-electron chi connectivity index (χ1n) is 9.22. The highest BCUT2D eigenvalue weighted by molar-refractivity contribution is 14.0. The first kappa shape index (κ1) is 24.7. The molecule has 1 heterocycles. The molecule has 28 heavy (non-hydrogen) atoms. The second-order valence-electron chi connectivity index (χ2n) is 6.43. The zero-order valence-electron chi connectivity index (χ0n) is 16.7. The minimum absolute atomic E-state index is 0. The quantitative estimate of drug-likeness (QED) is 0.192. The van der Waals surface area contributed by atoms with Gasteiger partial charge in [0, 0.05) is 43.5 Å². The molecule has 1 aromatic carbocycles. The molecular weight excluding hydrogens is 491 g/mol. The number of nitrogens with zero attached hydrogens (tertiary/aromatic N) is 1. The van der Waals surface area contributed by atoms with Crippen LogP contribution < -0.4 is 10.6 Å². The molecule has 0 bridgehead atoms. The van der Waals surface area contributed by atoms with E-state index in [0.29, 0.717) is 19.1 Å². The van der Waals surface area contributed by atoms with Crippen molar-refractivity contribution in [3.63, 3.8) is 0 Å². The van der Waals surface area contributed by atoms with Crippen LogP contribution in [0, 0.1) is 0 Å². The fraction of sp³-hybridized carbons (Fsp3) is 0.526. The van der Waals surface area contributed by atoms with Gasteiger partial charge >= 0.3 is 0 Å². The number of hydrogen-bond acceptors (Lipinski definition) is 4. The summed E-state index contributed by atoms with van der Waals surface area (Å²) in [6.45, 7) is 4.14. The van der Waals surface area contributed by atoms with Crippen molar-refractivity contribution in [3.05, 3.63) is 35.5 Å². The number of para-hydroxylation sites is 1. The maximum atomic E-state index is 11.0. The van der Waals surface area contributed by atoms with Crippen molar-refractivity contribution in [1.29, 1.82) is 0 Å². The third-order valence-electron chi connectivity index (χ3n) is 4.32. The van der Waals surface area contributed by atoms with E-state index in [1.165, 1.54) is 28.3 Å². The summed E-state index contributed by atoms with van der Waals surface area (Å²) >= 11 is 0. The SMILES string of the molecule is CCc1cccc2c(CCNC(=NC)NCCOCCS(C)(=O)=O)c[nH]c12.I. The molecule has 0 aliphatic rings. The summed E-state index contributed by atoms with van der Waals surface area (Å²) in [5.74, 6) is 0.750. The molecule has 1 aromatic heterocycles. The van der Waals surface area contributed by atoms with Crippen molar-refractivity contribution in [2.24, 2.45) is 4.99 Å².